The molecular weight excluding hydrogens is 350 g/mol. The van der Waals surface area contributed by atoms with Crippen LogP contribution in [0.5, 0.6) is 5.75 Å². The number of ether oxygens (including phenoxy) is 1. The van der Waals surface area contributed by atoms with Crippen LogP contribution in [0.4, 0.5) is 10.5 Å². The molecule has 2 aromatic rings. The molecular formula is C18H25N5O4. The predicted octanol–water partition coefficient (Wildman–Crippen LogP) is 0.875. The Kier molecular flexibility index (Phi) is 5.11. The molecule has 0 spiro atoms. The molecule has 0 radical (unpaired) electrons. The summed E-state index contributed by atoms with van der Waals surface area (Å²) in [6.07, 6.45) is 0.641. The van der Waals surface area contributed by atoms with Crippen molar-refractivity contribution < 1.29 is 14.3 Å². The Balaban J connectivity index is 1.82. The van der Waals surface area contributed by atoms with E-state index in [1.54, 1.807) is 31.1 Å². The molecule has 1 saturated heterocycles. The molecule has 1 aromatic heterocycles. The molecule has 0 saturated carbocycles. The summed E-state index contributed by atoms with van der Waals surface area (Å²) >= 11 is 0. The number of imidazole rings is 1. The van der Waals surface area contributed by atoms with Crippen molar-refractivity contribution in [2.45, 2.75) is 13.3 Å². The average molecular weight is 375 g/mol. The zero-order valence-electron chi connectivity index (χ0n) is 16.0. The van der Waals surface area contributed by atoms with E-state index in [2.05, 4.69) is 10.6 Å². The molecule has 2 N–H and O–H groups in total. The molecule has 9 nitrogen and oxygen atoms in total. The second kappa shape index (κ2) is 7.34. The first-order valence-electron chi connectivity index (χ1n) is 8.94. The number of benzene rings is 1. The Morgan fingerprint density at radius 3 is 2.52 bits per heavy atom. The maximum absolute atomic E-state index is 12.7. The van der Waals surface area contributed by atoms with E-state index >= 15 is 0 Å². The van der Waals surface area contributed by atoms with Crippen molar-refractivity contribution in [1.82, 2.24) is 19.4 Å². The van der Waals surface area contributed by atoms with Crippen molar-refractivity contribution in [1.29, 1.82) is 0 Å². The van der Waals surface area contributed by atoms with Crippen molar-refractivity contribution in [2.24, 2.45) is 20.0 Å². The monoisotopic (exact) mass is 375 g/mol. The average Bonchev–Trinajstić information content (AvgIpc) is 3.23. The van der Waals surface area contributed by atoms with Crippen LogP contribution in [-0.4, -0.2) is 52.7 Å². The van der Waals surface area contributed by atoms with Crippen LogP contribution in [0.1, 0.15) is 13.3 Å². The minimum atomic E-state index is -0.291. The van der Waals surface area contributed by atoms with Crippen LogP contribution >= 0.6 is 0 Å². The third kappa shape index (κ3) is 3.36. The Hall–Kier alpha value is -2.97. The number of likely N-dealkylation sites (tertiary alicyclic amines) is 1. The lowest BCUT2D eigenvalue weighted by Crippen LogP contribution is -2.36. The number of aromatic nitrogens is 2. The number of amides is 3. The van der Waals surface area contributed by atoms with Gasteiger partial charge in [-0.1, -0.05) is 0 Å². The van der Waals surface area contributed by atoms with Gasteiger partial charge in [-0.25, -0.2) is 9.59 Å². The smallest absolute Gasteiger partial charge is 0.328 e. The fraction of sp³-hybridized carbons (Fsp3) is 0.500. The Labute approximate surface area is 156 Å². The van der Waals surface area contributed by atoms with Gasteiger partial charge in [0.05, 0.1) is 29.7 Å². The summed E-state index contributed by atoms with van der Waals surface area (Å²) < 4.78 is 8.44. The molecule has 0 bridgehead atoms. The van der Waals surface area contributed by atoms with Gasteiger partial charge >= 0.3 is 11.7 Å². The van der Waals surface area contributed by atoms with Crippen LogP contribution in [0, 0.1) is 5.92 Å². The Morgan fingerprint density at radius 2 is 1.89 bits per heavy atom. The number of fused-ring (bicyclic) bond motifs is 1. The summed E-state index contributed by atoms with van der Waals surface area (Å²) in [6.45, 7) is 3.35. The fourth-order valence-electron chi connectivity index (χ4n) is 3.46. The van der Waals surface area contributed by atoms with Gasteiger partial charge in [0.1, 0.15) is 5.75 Å². The summed E-state index contributed by atoms with van der Waals surface area (Å²) in [4.78, 5) is 38.4. The first-order chi connectivity index (χ1) is 12.9. The quantitative estimate of drug-likeness (QED) is 0.829. The number of urea groups is 1. The Bertz CT molecular complexity index is 945. The molecule has 1 aliphatic heterocycles. The largest absolute Gasteiger partial charge is 0.494 e. The maximum Gasteiger partial charge on any atom is 0.328 e. The molecule has 3 amide bonds. The van der Waals surface area contributed by atoms with Crippen molar-refractivity contribution in [3.8, 4) is 5.75 Å². The van der Waals surface area contributed by atoms with Crippen LogP contribution in [0.25, 0.3) is 11.0 Å². The van der Waals surface area contributed by atoms with E-state index in [0.717, 1.165) is 5.52 Å². The number of carbonyl (C=O) groups is 2. The summed E-state index contributed by atoms with van der Waals surface area (Å²) in [5, 5.41) is 5.65. The number of methoxy groups -OCH3 is 1. The number of nitrogens with zero attached hydrogens (tertiary/aromatic N) is 3. The van der Waals surface area contributed by atoms with Crippen LogP contribution in [0.15, 0.2) is 16.9 Å². The van der Waals surface area contributed by atoms with Gasteiger partial charge in [-0.05, 0) is 19.4 Å². The summed E-state index contributed by atoms with van der Waals surface area (Å²) in [5.41, 5.74) is 1.74. The molecule has 1 aliphatic rings. The van der Waals surface area contributed by atoms with Crippen LogP contribution in [-0.2, 0) is 18.9 Å². The summed E-state index contributed by atoms with van der Waals surface area (Å²) in [6, 6.07) is 3.17. The lowest BCUT2D eigenvalue weighted by molar-refractivity contribution is -0.124. The van der Waals surface area contributed by atoms with Crippen LogP contribution in [0.3, 0.4) is 0 Å². The van der Waals surface area contributed by atoms with E-state index in [9.17, 15) is 14.4 Å². The molecule has 3 rings (SSSR count). The molecule has 2 heterocycles. The standard InChI is InChI=1S/C18H25N5O4/c1-5-19-16(24)11-6-7-23(10-11)17(25)20-12-8-13-14(9-15(12)27-4)22(3)18(26)21(13)2/h8-9,11H,5-7,10H2,1-4H3,(H,19,24)(H,20,25)/t11-/m0/s1. The van der Waals surface area contributed by atoms with Gasteiger partial charge in [-0.3, -0.25) is 13.9 Å². The molecule has 1 fully saturated rings. The van der Waals surface area contributed by atoms with E-state index in [-0.39, 0.29) is 23.5 Å². The zero-order valence-corrected chi connectivity index (χ0v) is 16.0. The van der Waals surface area contributed by atoms with Gasteiger partial charge < -0.3 is 20.3 Å². The molecule has 27 heavy (non-hydrogen) atoms. The van der Waals surface area contributed by atoms with Gasteiger partial charge in [-0.2, -0.15) is 0 Å². The highest BCUT2D eigenvalue weighted by atomic mass is 16.5. The highest BCUT2D eigenvalue weighted by Crippen LogP contribution is 2.30. The third-order valence-corrected chi connectivity index (χ3v) is 5.03. The highest BCUT2D eigenvalue weighted by Gasteiger charge is 2.31. The molecule has 0 unspecified atom stereocenters. The van der Waals surface area contributed by atoms with E-state index < -0.39 is 0 Å². The normalized spacial score (nSPS) is 16.6. The lowest BCUT2D eigenvalue weighted by atomic mass is 10.1. The minimum Gasteiger partial charge on any atom is -0.494 e. The Morgan fingerprint density at radius 1 is 1.22 bits per heavy atom. The molecule has 1 atom stereocenters. The number of anilines is 1. The van der Waals surface area contributed by atoms with Gasteiger partial charge in [0, 0.05) is 39.8 Å². The van der Waals surface area contributed by atoms with Gasteiger partial charge in [0.25, 0.3) is 0 Å². The van der Waals surface area contributed by atoms with Gasteiger partial charge in [-0.15, -0.1) is 0 Å². The summed E-state index contributed by atoms with van der Waals surface area (Å²) in [5.74, 6) is 0.262. The zero-order chi connectivity index (χ0) is 19.7. The minimum absolute atomic E-state index is 0.0221. The van der Waals surface area contributed by atoms with E-state index in [0.29, 0.717) is 43.0 Å². The first-order valence-corrected chi connectivity index (χ1v) is 8.94. The molecule has 1 aromatic carbocycles. The molecule has 9 heteroatoms. The maximum atomic E-state index is 12.7. The van der Waals surface area contributed by atoms with E-state index in [1.807, 2.05) is 6.92 Å². The van der Waals surface area contributed by atoms with E-state index in [4.69, 9.17) is 4.74 Å². The first kappa shape index (κ1) is 18.8. The predicted molar refractivity (Wildman–Crippen MR) is 102 cm³/mol. The number of carbonyl (C=O) groups excluding carboxylic acids is 2. The lowest BCUT2D eigenvalue weighted by Gasteiger charge is -2.18. The highest BCUT2D eigenvalue weighted by molar-refractivity contribution is 5.95. The number of aryl methyl sites for hydroxylation is 2. The van der Waals surface area contributed by atoms with Crippen molar-refractivity contribution in [3.05, 3.63) is 22.6 Å². The van der Waals surface area contributed by atoms with Crippen LogP contribution < -0.4 is 21.1 Å². The number of nitrogens with one attached hydrogen (secondary N) is 2. The molecule has 0 aliphatic carbocycles. The van der Waals surface area contributed by atoms with Crippen LogP contribution in [0.2, 0.25) is 0 Å². The van der Waals surface area contributed by atoms with Crippen molar-refractivity contribution >= 4 is 28.7 Å². The summed E-state index contributed by atoms with van der Waals surface area (Å²) in [7, 11) is 4.88. The number of rotatable bonds is 4. The number of hydrogen-bond donors (Lipinski definition) is 2. The second-order valence-corrected chi connectivity index (χ2v) is 6.70. The number of hydrogen-bond acceptors (Lipinski definition) is 4. The van der Waals surface area contributed by atoms with Crippen molar-refractivity contribution in [2.75, 3.05) is 32.1 Å². The van der Waals surface area contributed by atoms with Gasteiger partial charge in [0.15, 0.2) is 0 Å². The SMILES string of the molecule is CCNC(=O)[C@H]1CCN(C(=O)Nc2cc3c(cc2OC)n(C)c(=O)n3C)C1. The topological polar surface area (TPSA) is 97.6 Å². The van der Waals surface area contributed by atoms with Crippen molar-refractivity contribution in [3.63, 3.8) is 0 Å². The van der Waals surface area contributed by atoms with E-state index in [1.165, 1.54) is 16.2 Å². The fourth-order valence-corrected chi connectivity index (χ4v) is 3.46. The second-order valence-electron chi connectivity index (χ2n) is 6.70. The van der Waals surface area contributed by atoms with Gasteiger partial charge in [0.2, 0.25) is 5.91 Å². The molecule has 146 valence electrons. The third-order valence-electron chi connectivity index (χ3n) is 5.03.